The zero-order chi connectivity index (χ0) is 11.4. The largest absolute Gasteiger partial charge is 0.121 e. The SMILES string of the molecule is Cc1ccc(SCc2ccccc2)cc1Br. The summed E-state index contributed by atoms with van der Waals surface area (Å²) in [6, 6.07) is 17.1. The lowest BCUT2D eigenvalue weighted by atomic mass is 10.2. The second kappa shape index (κ2) is 5.55. The van der Waals surface area contributed by atoms with Gasteiger partial charge in [-0.2, -0.15) is 0 Å². The summed E-state index contributed by atoms with van der Waals surface area (Å²) in [7, 11) is 0. The first-order chi connectivity index (χ1) is 7.75. The lowest BCUT2D eigenvalue weighted by Crippen LogP contribution is -1.81. The van der Waals surface area contributed by atoms with Gasteiger partial charge in [0.1, 0.15) is 0 Å². The van der Waals surface area contributed by atoms with E-state index >= 15 is 0 Å². The normalized spacial score (nSPS) is 10.4. The fourth-order valence-corrected chi connectivity index (χ4v) is 2.83. The van der Waals surface area contributed by atoms with E-state index < -0.39 is 0 Å². The van der Waals surface area contributed by atoms with Gasteiger partial charge in [0.25, 0.3) is 0 Å². The molecule has 0 saturated heterocycles. The molecule has 82 valence electrons. The summed E-state index contributed by atoms with van der Waals surface area (Å²) in [5.41, 5.74) is 2.65. The molecule has 2 heteroatoms. The molecule has 0 N–H and O–H groups in total. The third kappa shape index (κ3) is 3.13. The highest BCUT2D eigenvalue weighted by Crippen LogP contribution is 2.27. The molecule has 0 saturated carbocycles. The van der Waals surface area contributed by atoms with Crippen molar-refractivity contribution in [1.29, 1.82) is 0 Å². The highest BCUT2D eigenvalue weighted by Gasteiger charge is 1.99. The quantitative estimate of drug-likeness (QED) is 0.714. The highest BCUT2D eigenvalue weighted by molar-refractivity contribution is 9.10. The first kappa shape index (κ1) is 11.7. The van der Waals surface area contributed by atoms with Crippen LogP contribution in [0.3, 0.4) is 0 Å². The number of rotatable bonds is 3. The first-order valence-corrected chi connectivity index (χ1v) is 6.96. The van der Waals surface area contributed by atoms with Crippen molar-refractivity contribution in [2.75, 3.05) is 0 Å². The zero-order valence-corrected chi connectivity index (χ0v) is 11.5. The van der Waals surface area contributed by atoms with E-state index in [1.807, 2.05) is 11.8 Å². The van der Waals surface area contributed by atoms with E-state index in [4.69, 9.17) is 0 Å². The van der Waals surface area contributed by atoms with Crippen LogP contribution in [0.5, 0.6) is 0 Å². The van der Waals surface area contributed by atoms with Crippen LogP contribution in [0.1, 0.15) is 11.1 Å². The van der Waals surface area contributed by atoms with Crippen LogP contribution >= 0.6 is 27.7 Å². The average molecular weight is 293 g/mol. The third-order valence-corrected chi connectivity index (χ3v) is 4.31. The molecule has 2 aromatic carbocycles. The molecule has 2 rings (SSSR count). The molecule has 16 heavy (non-hydrogen) atoms. The molecule has 0 aliphatic carbocycles. The molecule has 0 atom stereocenters. The van der Waals surface area contributed by atoms with E-state index in [2.05, 4.69) is 71.4 Å². The fourth-order valence-electron chi connectivity index (χ4n) is 1.40. The lowest BCUT2D eigenvalue weighted by molar-refractivity contribution is 1.33. The Labute approximate surface area is 109 Å². The Bertz CT molecular complexity index is 465. The van der Waals surface area contributed by atoms with Crippen LogP contribution in [0.15, 0.2) is 57.9 Å². The van der Waals surface area contributed by atoms with Crippen LogP contribution in [0.2, 0.25) is 0 Å². The van der Waals surface area contributed by atoms with Crippen LogP contribution in [-0.2, 0) is 5.75 Å². The summed E-state index contributed by atoms with van der Waals surface area (Å²) in [4.78, 5) is 1.31. The predicted molar refractivity (Wildman–Crippen MR) is 74.9 cm³/mol. The van der Waals surface area contributed by atoms with Gasteiger partial charge in [-0.3, -0.25) is 0 Å². The number of hydrogen-bond acceptors (Lipinski definition) is 1. The summed E-state index contributed by atoms with van der Waals surface area (Å²) in [5, 5.41) is 0. The minimum Gasteiger partial charge on any atom is -0.121 e. The number of thioether (sulfide) groups is 1. The summed E-state index contributed by atoms with van der Waals surface area (Å²) in [6.45, 7) is 2.11. The van der Waals surface area contributed by atoms with Crippen molar-refractivity contribution in [3.63, 3.8) is 0 Å². The van der Waals surface area contributed by atoms with E-state index in [1.54, 1.807) is 0 Å². The van der Waals surface area contributed by atoms with E-state index in [1.165, 1.54) is 20.5 Å². The molecule has 0 aliphatic heterocycles. The van der Waals surface area contributed by atoms with Crippen molar-refractivity contribution in [1.82, 2.24) is 0 Å². The molecule has 0 nitrogen and oxygen atoms in total. The molecule has 0 fully saturated rings. The van der Waals surface area contributed by atoms with Crippen molar-refractivity contribution in [3.05, 3.63) is 64.1 Å². The third-order valence-electron chi connectivity index (χ3n) is 2.39. The molecule has 0 bridgehead atoms. The average Bonchev–Trinajstić information content (AvgIpc) is 2.32. The van der Waals surface area contributed by atoms with Crippen LogP contribution in [0.4, 0.5) is 0 Å². The minimum atomic E-state index is 1.02. The van der Waals surface area contributed by atoms with Gasteiger partial charge in [0.2, 0.25) is 0 Å². The molecule has 0 spiro atoms. The van der Waals surface area contributed by atoms with Crippen molar-refractivity contribution < 1.29 is 0 Å². The Hall–Kier alpha value is -0.730. The van der Waals surface area contributed by atoms with Crippen LogP contribution in [-0.4, -0.2) is 0 Å². The van der Waals surface area contributed by atoms with E-state index in [0.717, 1.165) is 5.75 Å². The van der Waals surface area contributed by atoms with Gasteiger partial charge in [-0.1, -0.05) is 52.3 Å². The molecular weight excluding hydrogens is 280 g/mol. The van der Waals surface area contributed by atoms with Crippen molar-refractivity contribution >= 4 is 27.7 Å². The molecular formula is C14H13BrS. The van der Waals surface area contributed by atoms with Gasteiger partial charge in [-0.25, -0.2) is 0 Å². The van der Waals surface area contributed by atoms with Crippen molar-refractivity contribution in [2.24, 2.45) is 0 Å². The molecule has 0 aliphatic rings. The van der Waals surface area contributed by atoms with Crippen LogP contribution in [0.25, 0.3) is 0 Å². The van der Waals surface area contributed by atoms with E-state index in [9.17, 15) is 0 Å². The maximum Gasteiger partial charge on any atom is 0.0231 e. The monoisotopic (exact) mass is 292 g/mol. The topological polar surface area (TPSA) is 0 Å². The van der Waals surface area contributed by atoms with Crippen molar-refractivity contribution in [2.45, 2.75) is 17.6 Å². The zero-order valence-electron chi connectivity index (χ0n) is 9.11. The number of hydrogen-bond donors (Lipinski definition) is 0. The maximum atomic E-state index is 3.56. The van der Waals surface area contributed by atoms with Gasteiger partial charge in [-0.05, 0) is 30.2 Å². The predicted octanol–water partition coefficient (Wildman–Crippen LogP) is 5.05. The molecule has 2 aromatic rings. The van der Waals surface area contributed by atoms with Gasteiger partial charge in [0.15, 0.2) is 0 Å². The fraction of sp³-hybridized carbons (Fsp3) is 0.143. The Morgan fingerprint density at radius 3 is 2.50 bits per heavy atom. The molecule has 0 radical (unpaired) electrons. The second-order valence-corrected chi connectivity index (χ2v) is 5.59. The summed E-state index contributed by atoms with van der Waals surface area (Å²) >= 11 is 5.43. The maximum absolute atomic E-state index is 3.56. The first-order valence-electron chi connectivity index (χ1n) is 5.18. The van der Waals surface area contributed by atoms with E-state index in [0.29, 0.717) is 0 Å². The lowest BCUT2D eigenvalue weighted by Gasteiger charge is -2.04. The Morgan fingerprint density at radius 2 is 1.81 bits per heavy atom. The highest BCUT2D eigenvalue weighted by atomic mass is 79.9. The Morgan fingerprint density at radius 1 is 1.06 bits per heavy atom. The van der Waals surface area contributed by atoms with E-state index in [-0.39, 0.29) is 0 Å². The standard InChI is InChI=1S/C14H13BrS/c1-11-7-8-13(9-14(11)15)16-10-12-5-3-2-4-6-12/h2-9H,10H2,1H3. The minimum absolute atomic E-state index is 1.02. The smallest absolute Gasteiger partial charge is 0.0231 e. The molecule has 0 heterocycles. The number of halogens is 1. The summed E-state index contributed by atoms with van der Waals surface area (Å²) < 4.78 is 1.19. The van der Waals surface area contributed by atoms with Gasteiger partial charge in [0.05, 0.1) is 0 Å². The second-order valence-electron chi connectivity index (χ2n) is 3.69. The number of benzene rings is 2. The van der Waals surface area contributed by atoms with Crippen LogP contribution in [0, 0.1) is 6.92 Å². The van der Waals surface area contributed by atoms with Gasteiger partial charge in [0, 0.05) is 15.1 Å². The van der Waals surface area contributed by atoms with Gasteiger partial charge >= 0.3 is 0 Å². The van der Waals surface area contributed by atoms with Gasteiger partial charge in [-0.15, -0.1) is 11.8 Å². The molecule has 0 amide bonds. The Kier molecular flexibility index (Phi) is 4.08. The summed E-state index contributed by atoms with van der Waals surface area (Å²) in [5.74, 6) is 1.02. The molecule has 0 unspecified atom stereocenters. The van der Waals surface area contributed by atoms with Crippen LogP contribution < -0.4 is 0 Å². The number of aryl methyl sites for hydroxylation is 1. The van der Waals surface area contributed by atoms with Gasteiger partial charge < -0.3 is 0 Å². The summed E-state index contributed by atoms with van der Waals surface area (Å²) in [6.07, 6.45) is 0. The Balaban J connectivity index is 2.03. The van der Waals surface area contributed by atoms with Crippen molar-refractivity contribution in [3.8, 4) is 0 Å². The molecule has 0 aromatic heterocycles.